The van der Waals surface area contributed by atoms with E-state index >= 15 is 0 Å². The molecule has 4 atom stereocenters. The quantitative estimate of drug-likeness (QED) is 0.253. The molecule has 0 aliphatic rings. The molecule has 0 saturated heterocycles. The number of rotatable bonds is 6. The number of carbonyl (C=O) groups is 2. The second-order valence-electron chi connectivity index (χ2n) is 3.07. The van der Waals surface area contributed by atoms with Crippen molar-refractivity contribution in [1.29, 1.82) is 0 Å². The Hall–Kier alpha value is -0.781. The Kier molecular flexibility index (Phi) is 15.1. The molecule has 0 bridgehead atoms. The van der Waals surface area contributed by atoms with E-state index in [2.05, 4.69) is 5.73 Å². The zero-order chi connectivity index (χ0) is 14.9. The molecule has 117 valence electrons. The van der Waals surface area contributed by atoms with E-state index in [1.165, 1.54) is 0 Å². The van der Waals surface area contributed by atoms with Crippen LogP contribution in [0, 0.1) is 0 Å². The minimum Gasteiger partial charge on any atom is -0.549 e. The molecule has 0 aliphatic carbocycles. The molecule has 19 heavy (non-hydrogen) atoms. The number of carbonyl (C=O) groups excluding carboxylic acids is 2. The summed E-state index contributed by atoms with van der Waals surface area (Å²) in [7, 11) is 0. The monoisotopic (exact) mass is 332 g/mol. The van der Waals surface area contributed by atoms with Crippen LogP contribution in [0.15, 0.2) is 0 Å². The van der Waals surface area contributed by atoms with Crippen LogP contribution < -0.4 is 15.9 Å². The molecular weight excluding hydrogens is 318 g/mol. The summed E-state index contributed by atoms with van der Waals surface area (Å²) in [5.74, 6) is -3.19. The third-order valence-electron chi connectivity index (χ3n) is 1.66. The SMILES string of the molecule is NCC(=O)[O-].O=C([O-])[C@H](O)[C@@H](O)[C@H](O)[C@H](O)CO.[Cu+2]. The van der Waals surface area contributed by atoms with E-state index in [-0.39, 0.29) is 23.6 Å². The topological polar surface area (TPSA) is 207 Å². The summed E-state index contributed by atoms with van der Waals surface area (Å²) in [6.07, 6.45) is -8.08. The predicted molar refractivity (Wildman–Crippen MR) is 50.2 cm³/mol. The minimum atomic E-state index is -2.31. The van der Waals surface area contributed by atoms with Gasteiger partial charge in [0, 0.05) is 6.54 Å². The van der Waals surface area contributed by atoms with E-state index in [0.717, 1.165) is 0 Å². The van der Waals surface area contributed by atoms with Crippen molar-refractivity contribution < 1.29 is 62.4 Å². The van der Waals surface area contributed by atoms with E-state index in [1.807, 2.05) is 0 Å². The summed E-state index contributed by atoms with van der Waals surface area (Å²) in [6.45, 7) is -1.25. The van der Waals surface area contributed by atoms with Crippen molar-refractivity contribution in [2.45, 2.75) is 24.4 Å². The van der Waals surface area contributed by atoms with Crippen molar-refractivity contribution >= 4 is 11.9 Å². The van der Waals surface area contributed by atoms with Crippen molar-refractivity contribution in [2.75, 3.05) is 13.2 Å². The molecule has 0 aromatic rings. The van der Waals surface area contributed by atoms with Crippen LogP contribution >= 0.6 is 0 Å². The second kappa shape index (κ2) is 12.3. The third kappa shape index (κ3) is 10.8. The smallest absolute Gasteiger partial charge is 0.549 e. The molecule has 0 spiro atoms. The first-order chi connectivity index (χ1) is 8.18. The number of aliphatic hydroxyl groups excluding tert-OH is 5. The van der Waals surface area contributed by atoms with Crippen LogP contribution in [0.4, 0.5) is 0 Å². The first kappa shape index (κ1) is 23.3. The molecule has 0 amide bonds. The number of hydrogen-bond acceptors (Lipinski definition) is 10. The Labute approximate surface area is 118 Å². The fraction of sp³-hybridized carbons (Fsp3) is 0.750. The number of aliphatic hydroxyl groups is 5. The van der Waals surface area contributed by atoms with Gasteiger partial charge in [0.05, 0.1) is 18.5 Å². The number of carboxylic acid groups (broad SMARTS) is 2. The fourth-order valence-corrected chi connectivity index (χ4v) is 0.662. The molecule has 0 aromatic heterocycles. The first-order valence-electron chi connectivity index (χ1n) is 4.62. The second-order valence-corrected chi connectivity index (χ2v) is 3.07. The molecule has 10 nitrogen and oxygen atoms in total. The summed E-state index contributed by atoms with van der Waals surface area (Å²) in [5.41, 5.74) is 4.51. The van der Waals surface area contributed by atoms with E-state index in [4.69, 9.17) is 35.4 Å². The molecule has 0 heterocycles. The molecule has 11 heteroatoms. The molecule has 0 saturated carbocycles. The zero-order valence-corrected chi connectivity index (χ0v) is 10.4. The summed E-state index contributed by atoms with van der Waals surface area (Å²) in [5, 5.41) is 62.6. The summed E-state index contributed by atoms with van der Waals surface area (Å²) in [4.78, 5) is 19.1. The Balaban J connectivity index is -0.000000366. The van der Waals surface area contributed by atoms with Gasteiger partial charge in [-0.05, 0) is 0 Å². The molecular formula is C8H15CuNO9. The standard InChI is InChI=1S/C6H12O7.C2H5NO2.Cu/c7-1-2(8)3(9)4(10)5(11)6(12)13;3-1-2(4)5;/h2-5,7-11H,1H2,(H,12,13);1,3H2,(H,4,5);/q;;+2/p-2/t2-,3-,4+,5-;;/m1../s1. The van der Waals surface area contributed by atoms with Gasteiger partial charge < -0.3 is 51.1 Å². The van der Waals surface area contributed by atoms with Crippen molar-refractivity contribution in [1.82, 2.24) is 0 Å². The van der Waals surface area contributed by atoms with Gasteiger partial charge in [0.2, 0.25) is 0 Å². The number of aliphatic carboxylic acids is 2. The van der Waals surface area contributed by atoms with Crippen molar-refractivity contribution in [3.8, 4) is 0 Å². The van der Waals surface area contributed by atoms with Crippen molar-refractivity contribution in [3.63, 3.8) is 0 Å². The average molecular weight is 333 g/mol. The van der Waals surface area contributed by atoms with E-state index in [1.54, 1.807) is 0 Å². The van der Waals surface area contributed by atoms with Crippen LogP contribution in [0.25, 0.3) is 0 Å². The maximum Gasteiger partial charge on any atom is 2.00 e. The van der Waals surface area contributed by atoms with Crippen molar-refractivity contribution in [3.05, 3.63) is 0 Å². The van der Waals surface area contributed by atoms with Gasteiger partial charge in [-0.25, -0.2) is 0 Å². The van der Waals surface area contributed by atoms with Crippen LogP contribution in [0.2, 0.25) is 0 Å². The number of nitrogens with two attached hydrogens (primary N) is 1. The van der Waals surface area contributed by atoms with Gasteiger partial charge in [0.15, 0.2) is 0 Å². The molecule has 0 aromatic carbocycles. The van der Waals surface area contributed by atoms with Crippen LogP contribution in [0.1, 0.15) is 0 Å². The fourth-order valence-electron chi connectivity index (χ4n) is 0.662. The van der Waals surface area contributed by atoms with Gasteiger partial charge in [0.1, 0.15) is 24.4 Å². The Morgan fingerprint density at radius 2 is 1.42 bits per heavy atom. The van der Waals surface area contributed by atoms with Gasteiger partial charge in [-0.3, -0.25) is 0 Å². The summed E-state index contributed by atoms with van der Waals surface area (Å²) < 4.78 is 0. The maximum atomic E-state index is 9.98. The molecule has 0 aliphatic heterocycles. The third-order valence-corrected chi connectivity index (χ3v) is 1.66. The molecule has 0 rings (SSSR count). The molecule has 0 unspecified atom stereocenters. The molecule has 0 fully saturated rings. The Morgan fingerprint density at radius 3 is 1.63 bits per heavy atom. The van der Waals surface area contributed by atoms with Crippen LogP contribution in [-0.2, 0) is 26.7 Å². The summed E-state index contributed by atoms with van der Waals surface area (Å²) >= 11 is 0. The molecule has 1 radical (unpaired) electrons. The minimum absolute atomic E-state index is 0. The van der Waals surface area contributed by atoms with Crippen LogP contribution in [-0.4, -0.2) is 75.0 Å². The predicted octanol–water partition coefficient (Wildman–Crippen LogP) is -7.14. The largest absolute Gasteiger partial charge is 2.00 e. The van der Waals surface area contributed by atoms with E-state index < -0.39 is 43.0 Å². The zero-order valence-electron chi connectivity index (χ0n) is 9.47. The first-order valence-corrected chi connectivity index (χ1v) is 4.62. The van der Waals surface area contributed by atoms with E-state index in [9.17, 15) is 9.90 Å². The van der Waals surface area contributed by atoms with Crippen LogP contribution in [0.3, 0.4) is 0 Å². The van der Waals surface area contributed by atoms with Gasteiger partial charge >= 0.3 is 17.1 Å². The maximum absolute atomic E-state index is 9.98. The average Bonchev–Trinajstić information content (AvgIpc) is 2.35. The summed E-state index contributed by atoms with van der Waals surface area (Å²) in [6, 6.07) is 0. The van der Waals surface area contributed by atoms with Crippen molar-refractivity contribution in [2.24, 2.45) is 5.73 Å². The van der Waals surface area contributed by atoms with Gasteiger partial charge in [-0.2, -0.15) is 0 Å². The van der Waals surface area contributed by atoms with Gasteiger partial charge in [-0.15, -0.1) is 0 Å². The van der Waals surface area contributed by atoms with Gasteiger partial charge in [0.25, 0.3) is 0 Å². The number of carboxylic acids is 2. The van der Waals surface area contributed by atoms with Crippen LogP contribution in [0.5, 0.6) is 0 Å². The number of hydrogen-bond donors (Lipinski definition) is 6. The van der Waals surface area contributed by atoms with E-state index in [0.29, 0.717) is 0 Å². The Bertz CT molecular complexity index is 265. The molecule has 7 N–H and O–H groups in total. The Morgan fingerprint density at radius 1 is 1.05 bits per heavy atom. The van der Waals surface area contributed by atoms with Gasteiger partial charge in [-0.1, -0.05) is 0 Å². The normalized spacial score (nSPS) is 15.9.